The van der Waals surface area contributed by atoms with Gasteiger partial charge in [0.25, 0.3) is 5.91 Å². The van der Waals surface area contributed by atoms with Gasteiger partial charge in [0.2, 0.25) is 0 Å². The molecule has 4 nitrogen and oxygen atoms in total. The molecule has 110 valence electrons. The Morgan fingerprint density at radius 1 is 1.30 bits per heavy atom. The van der Waals surface area contributed by atoms with Gasteiger partial charge in [-0.2, -0.15) is 0 Å². The second kappa shape index (κ2) is 6.70. The van der Waals surface area contributed by atoms with Crippen molar-refractivity contribution in [2.45, 2.75) is 44.4 Å². The first-order chi connectivity index (χ1) is 9.83. The minimum absolute atomic E-state index is 0.131. The molecule has 1 amide bonds. The standard InChI is InChI=1S/C15H21NO3S/c17-15(14-6-2-8-19-14)16(10-12-4-1-7-18-12)11-13-5-3-9-20-13/h3,5,9,12,14H,1-2,4,6-8,10-11H2. The van der Waals surface area contributed by atoms with E-state index in [1.807, 2.05) is 11.0 Å². The molecular formula is C15H21NO3S. The zero-order valence-corrected chi connectivity index (χ0v) is 12.4. The summed E-state index contributed by atoms with van der Waals surface area (Å²) in [5.41, 5.74) is 0. The molecule has 2 aliphatic heterocycles. The lowest BCUT2D eigenvalue weighted by atomic mass is 10.2. The van der Waals surface area contributed by atoms with Crippen molar-refractivity contribution in [2.24, 2.45) is 0 Å². The quantitative estimate of drug-likeness (QED) is 0.837. The summed E-state index contributed by atoms with van der Waals surface area (Å²) in [7, 11) is 0. The Morgan fingerprint density at radius 2 is 2.15 bits per heavy atom. The summed E-state index contributed by atoms with van der Waals surface area (Å²) in [6.07, 6.45) is 3.96. The maximum Gasteiger partial charge on any atom is 0.252 e. The Balaban J connectivity index is 1.66. The van der Waals surface area contributed by atoms with Crippen LogP contribution in [0.5, 0.6) is 0 Å². The predicted molar refractivity (Wildman–Crippen MR) is 77.7 cm³/mol. The maximum atomic E-state index is 12.6. The highest BCUT2D eigenvalue weighted by Gasteiger charge is 2.30. The van der Waals surface area contributed by atoms with Gasteiger partial charge in [-0.15, -0.1) is 11.3 Å². The number of carbonyl (C=O) groups is 1. The number of thiophene rings is 1. The van der Waals surface area contributed by atoms with Crippen LogP contribution in [0.4, 0.5) is 0 Å². The summed E-state index contributed by atoms with van der Waals surface area (Å²) in [6.45, 7) is 2.90. The van der Waals surface area contributed by atoms with Crippen LogP contribution in [0.15, 0.2) is 17.5 Å². The normalized spacial score (nSPS) is 26.0. The fraction of sp³-hybridized carbons (Fsp3) is 0.667. The zero-order valence-electron chi connectivity index (χ0n) is 11.6. The van der Waals surface area contributed by atoms with Crippen molar-refractivity contribution < 1.29 is 14.3 Å². The van der Waals surface area contributed by atoms with Crippen LogP contribution in [0.25, 0.3) is 0 Å². The minimum atomic E-state index is -0.239. The molecule has 3 rings (SSSR count). The van der Waals surface area contributed by atoms with Crippen molar-refractivity contribution in [2.75, 3.05) is 19.8 Å². The Morgan fingerprint density at radius 3 is 2.80 bits per heavy atom. The van der Waals surface area contributed by atoms with E-state index < -0.39 is 0 Å². The largest absolute Gasteiger partial charge is 0.376 e. The highest BCUT2D eigenvalue weighted by Crippen LogP contribution is 2.21. The highest BCUT2D eigenvalue weighted by molar-refractivity contribution is 7.09. The van der Waals surface area contributed by atoms with Crippen LogP contribution >= 0.6 is 11.3 Å². The summed E-state index contributed by atoms with van der Waals surface area (Å²) in [5, 5.41) is 2.05. The van der Waals surface area contributed by atoms with Gasteiger partial charge < -0.3 is 14.4 Å². The lowest BCUT2D eigenvalue weighted by molar-refractivity contribution is -0.143. The van der Waals surface area contributed by atoms with E-state index in [1.54, 1.807) is 11.3 Å². The van der Waals surface area contributed by atoms with Gasteiger partial charge in [0.05, 0.1) is 12.6 Å². The summed E-state index contributed by atoms with van der Waals surface area (Å²) in [5.74, 6) is 0.131. The average molecular weight is 295 g/mol. The van der Waals surface area contributed by atoms with Crippen molar-refractivity contribution in [3.63, 3.8) is 0 Å². The van der Waals surface area contributed by atoms with Gasteiger partial charge in [0, 0.05) is 24.6 Å². The molecule has 5 heteroatoms. The molecule has 0 N–H and O–H groups in total. The number of amides is 1. The van der Waals surface area contributed by atoms with Crippen molar-refractivity contribution in [3.8, 4) is 0 Å². The van der Waals surface area contributed by atoms with Crippen LogP contribution in [-0.4, -0.2) is 42.8 Å². The van der Waals surface area contributed by atoms with Gasteiger partial charge in [-0.05, 0) is 37.1 Å². The van der Waals surface area contributed by atoms with E-state index >= 15 is 0 Å². The number of nitrogens with zero attached hydrogens (tertiary/aromatic N) is 1. The van der Waals surface area contributed by atoms with E-state index in [4.69, 9.17) is 9.47 Å². The Hall–Kier alpha value is -0.910. The number of hydrogen-bond donors (Lipinski definition) is 0. The third-order valence-electron chi connectivity index (χ3n) is 3.89. The average Bonchev–Trinajstić information content (AvgIpc) is 3.20. The number of carbonyl (C=O) groups excluding carboxylic acids is 1. The second-order valence-corrected chi connectivity index (χ2v) is 6.47. The van der Waals surface area contributed by atoms with Gasteiger partial charge in [0.15, 0.2) is 0 Å². The van der Waals surface area contributed by atoms with E-state index in [0.717, 1.165) is 32.3 Å². The van der Waals surface area contributed by atoms with Crippen LogP contribution in [0.1, 0.15) is 30.6 Å². The molecule has 2 saturated heterocycles. The number of rotatable bonds is 5. The number of hydrogen-bond acceptors (Lipinski definition) is 4. The topological polar surface area (TPSA) is 38.8 Å². The van der Waals surface area contributed by atoms with Crippen LogP contribution in [0.2, 0.25) is 0 Å². The van der Waals surface area contributed by atoms with Gasteiger partial charge in [-0.25, -0.2) is 0 Å². The molecule has 2 aliphatic rings. The fourth-order valence-electron chi connectivity index (χ4n) is 2.83. The molecule has 0 aliphatic carbocycles. The molecule has 20 heavy (non-hydrogen) atoms. The van der Waals surface area contributed by atoms with Crippen LogP contribution in [-0.2, 0) is 20.8 Å². The maximum absolute atomic E-state index is 12.6. The van der Waals surface area contributed by atoms with Gasteiger partial charge in [-0.3, -0.25) is 4.79 Å². The Kier molecular flexibility index (Phi) is 4.70. The Labute approximate surface area is 123 Å². The second-order valence-electron chi connectivity index (χ2n) is 5.43. The first-order valence-electron chi connectivity index (χ1n) is 7.37. The molecule has 3 heterocycles. The molecule has 2 unspecified atom stereocenters. The molecule has 0 spiro atoms. The zero-order chi connectivity index (χ0) is 13.8. The smallest absolute Gasteiger partial charge is 0.252 e. The van der Waals surface area contributed by atoms with E-state index in [0.29, 0.717) is 19.7 Å². The Bertz CT molecular complexity index is 422. The first-order valence-corrected chi connectivity index (χ1v) is 8.25. The van der Waals surface area contributed by atoms with Gasteiger partial charge in [0.1, 0.15) is 6.10 Å². The van der Waals surface area contributed by atoms with Crippen molar-refractivity contribution in [3.05, 3.63) is 22.4 Å². The molecule has 1 aromatic heterocycles. The molecule has 0 aromatic carbocycles. The molecular weight excluding hydrogens is 274 g/mol. The number of ether oxygens (including phenoxy) is 2. The summed E-state index contributed by atoms with van der Waals surface area (Å²) >= 11 is 1.69. The monoisotopic (exact) mass is 295 g/mol. The van der Waals surface area contributed by atoms with E-state index in [1.165, 1.54) is 4.88 Å². The molecule has 0 bridgehead atoms. The summed E-state index contributed by atoms with van der Waals surface area (Å²) < 4.78 is 11.2. The molecule has 0 saturated carbocycles. The third kappa shape index (κ3) is 3.40. The third-order valence-corrected chi connectivity index (χ3v) is 4.75. The lowest BCUT2D eigenvalue weighted by Gasteiger charge is -2.27. The van der Waals surface area contributed by atoms with E-state index in [-0.39, 0.29) is 18.1 Å². The molecule has 2 atom stereocenters. The molecule has 0 radical (unpaired) electrons. The van der Waals surface area contributed by atoms with Gasteiger partial charge >= 0.3 is 0 Å². The van der Waals surface area contributed by atoms with Crippen molar-refractivity contribution >= 4 is 17.2 Å². The molecule has 2 fully saturated rings. The van der Waals surface area contributed by atoms with Crippen LogP contribution < -0.4 is 0 Å². The molecule has 1 aromatic rings. The predicted octanol–water partition coefficient (Wildman–Crippen LogP) is 2.43. The minimum Gasteiger partial charge on any atom is -0.376 e. The first kappa shape index (κ1) is 14.0. The van der Waals surface area contributed by atoms with Gasteiger partial charge in [-0.1, -0.05) is 6.07 Å². The fourth-order valence-corrected chi connectivity index (χ4v) is 3.55. The van der Waals surface area contributed by atoms with Crippen LogP contribution in [0.3, 0.4) is 0 Å². The van der Waals surface area contributed by atoms with Crippen molar-refractivity contribution in [1.29, 1.82) is 0 Å². The highest BCUT2D eigenvalue weighted by atomic mass is 32.1. The SMILES string of the molecule is O=C(C1CCCO1)N(Cc1cccs1)CC1CCCO1. The summed E-state index contributed by atoms with van der Waals surface area (Å²) in [6, 6.07) is 4.11. The summed E-state index contributed by atoms with van der Waals surface area (Å²) in [4.78, 5) is 15.8. The van der Waals surface area contributed by atoms with Crippen molar-refractivity contribution in [1.82, 2.24) is 4.90 Å². The van der Waals surface area contributed by atoms with Crippen LogP contribution in [0, 0.1) is 0 Å². The van der Waals surface area contributed by atoms with E-state index in [9.17, 15) is 4.79 Å². The lowest BCUT2D eigenvalue weighted by Crippen LogP contribution is -2.42. The van der Waals surface area contributed by atoms with E-state index in [2.05, 4.69) is 11.4 Å².